The molecule has 7 nitrogen and oxygen atoms in total. The van der Waals surface area contributed by atoms with Crippen molar-refractivity contribution < 1.29 is 33.2 Å². The summed E-state index contributed by atoms with van der Waals surface area (Å²) in [5.74, 6) is -0.503. The Hall–Kier alpha value is -3.76. The number of hydrogen-bond acceptors (Lipinski definition) is 8. The number of carbonyl (C=O) groups is 1. The van der Waals surface area contributed by atoms with Gasteiger partial charge in [-0.15, -0.1) is 11.8 Å². The summed E-state index contributed by atoms with van der Waals surface area (Å²) in [6, 6.07) is 40.1. The van der Waals surface area contributed by atoms with E-state index in [2.05, 4.69) is 0 Å². The fraction of sp³-hybridized carbons (Fsp3) is 0.325. The van der Waals surface area contributed by atoms with Crippen molar-refractivity contribution in [3.8, 4) is 0 Å². The largest absolute Gasteiger partial charge is 0.462 e. The van der Waals surface area contributed by atoms with E-state index in [4.69, 9.17) is 28.4 Å². The van der Waals surface area contributed by atoms with Gasteiger partial charge in [-0.25, -0.2) is 0 Å². The van der Waals surface area contributed by atoms with E-state index in [0.717, 1.165) is 22.3 Å². The third kappa shape index (κ3) is 8.63. The summed E-state index contributed by atoms with van der Waals surface area (Å²) in [6.45, 7) is 4.97. The third-order valence-electron chi connectivity index (χ3n) is 8.39. The molecule has 0 amide bonds. The minimum atomic E-state index is -1.28. The number of thioether (sulfide) groups is 1. The number of benzene rings is 4. The first kappa shape index (κ1) is 34.1. The van der Waals surface area contributed by atoms with Gasteiger partial charge in [0.1, 0.15) is 24.1 Å². The summed E-state index contributed by atoms with van der Waals surface area (Å²) in [5.41, 5.74) is 4.11. The normalized spacial score (nSPS) is 24.0. The number of hydrogen-bond donors (Lipinski definition) is 0. The molecular formula is C40H42O7S. The smallest absolute Gasteiger partial charge is 0.249 e. The Morgan fingerprint density at radius 3 is 1.62 bits per heavy atom. The number of ether oxygens (including phenoxy) is 6. The van der Waals surface area contributed by atoms with Gasteiger partial charge in [0.15, 0.2) is 11.9 Å². The van der Waals surface area contributed by atoms with Crippen LogP contribution >= 0.6 is 11.8 Å². The van der Waals surface area contributed by atoms with Gasteiger partial charge in [-0.1, -0.05) is 121 Å². The zero-order valence-corrected chi connectivity index (χ0v) is 28.2. The number of carbonyl (C=O) groups excluding carboxylic acids is 1. The summed E-state index contributed by atoms with van der Waals surface area (Å²) < 4.78 is 40.4. The lowest BCUT2D eigenvalue weighted by Gasteiger charge is -2.53. The zero-order valence-electron chi connectivity index (χ0n) is 27.4. The molecule has 8 heteroatoms. The van der Waals surface area contributed by atoms with Crippen LogP contribution in [0.4, 0.5) is 0 Å². The molecule has 1 spiro atoms. The molecule has 250 valence electrons. The first-order valence-electron chi connectivity index (χ1n) is 16.3. The van der Waals surface area contributed by atoms with E-state index in [1.165, 1.54) is 11.8 Å². The molecule has 0 unspecified atom stereocenters. The van der Waals surface area contributed by atoms with Crippen LogP contribution in [0.25, 0.3) is 0 Å². The van der Waals surface area contributed by atoms with Gasteiger partial charge in [0.05, 0.1) is 43.7 Å². The van der Waals surface area contributed by atoms with Gasteiger partial charge in [-0.2, -0.15) is 0 Å². The van der Waals surface area contributed by atoms with Crippen LogP contribution in [-0.2, 0) is 59.6 Å². The standard InChI is InChI=1S/C40H42O7S/c1-29(41)38-30(2)46-40(28-48-38)39(45-26-34-21-13-6-14-22-34)37(44-25-33-19-11-5-12-20-33)36(43-24-32-17-9-4-10-18-32)35(47-40)27-42-23-31-15-7-3-8-16-31/h3-22,35-37,39H,23-28H2,1-2H3/t35-,36-,37+,39-,40-/m1/s1. The van der Waals surface area contributed by atoms with Crippen molar-refractivity contribution in [3.63, 3.8) is 0 Å². The van der Waals surface area contributed by atoms with E-state index in [9.17, 15) is 4.79 Å². The van der Waals surface area contributed by atoms with Crippen LogP contribution in [0.1, 0.15) is 36.1 Å². The number of Topliss-reactive ketones (excluding diaryl/α,β-unsaturated/α-hetero) is 1. The van der Waals surface area contributed by atoms with Gasteiger partial charge in [0, 0.05) is 0 Å². The predicted molar refractivity (Wildman–Crippen MR) is 186 cm³/mol. The second-order valence-electron chi connectivity index (χ2n) is 12.0. The third-order valence-corrected chi connectivity index (χ3v) is 9.80. The quantitative estimate of drug-likeness (QED) is 0.136. The SMILES string of the molecule is CC(=O)C1=C(C)O[C@]2(CS1)O[C@H](COCc1ccccc1)[C@@H](OCc1ccccc1)[C@H](OCc1ccccc1)[C@H]2OCc1ccccc1. The molecule has 2 aliphatic heterocycles. The molecule has 0 N–H and O–H groups in total. The summed E-state index contributed by atoms with van der Waals surface area (Å²) in [6.07, 6.45) is -2.50. The molecule has 48 heavy (non-hydrogen) atoms. The fourth-order valence-corrected chi connectivity index (χ4v) is 7.16. The Bertz CT molecular complexity index is 1620. The van der Waals surface area contributed by atoms with Crippen molar-refractivity contribution in [1.82, 2.24) is 0 Å². The van der Waals surface area contributed by atoms with E-state index in [0.29, 0.717) is 42.8 Å². The first-order chi connectivity index (χ1) is 23.5. The van der Waals surface area contributed by atoms with Crippen LogP contribution in [0.15, 0.2) is 132 Å². The molecule has 5 atom stereocenters. The summed E-state index contributed by atoms with van der Waals surface area (Å²) in [4.78, 5) is 13.1. The van der Waals surface area contributed by atoms with E-state index in [1.807, 2.05) is 121 Å². The minimum Gasteiger partial charge on any atom is -0.462 e. The summed E-state index contributed by atoms with van der Waals surface area (Å²) in [7, 11) is 0. The zero-order chi connectivity index (χ0) is 33.2. The molecule has 0 bridgehead atoms. The molecule has 1 saturated heterocycles. The maximum absolute atomic E-state index is 12.5. The lowest BCUT2D eigenvalue weighted by Crippen LogP contribution is -2.69. The van der Waals surface area contributed by atoms with Crippen molar-refractivity contribution in [2.75, 3.05) is 12.4 Å². The van der Waals surface area contributed by atoms with Crippen LogP contribution < -0.4 is 0 Å². The summed E-state index contributed by atoms with van der Waals surface area (Å²) >= 11 is 1.42. The van der Waals surface area contributed by atoms with Crippen LogP contribution in [0.5, 0.6) is 0 Å². The molecule has 2 aliphatic rings. The minimum absolute atomic E-state index is 0.0476. The molecule has 0 saturated carbocycles. The van der Waals surface area contributed by atoms with Gasteiger partial charge in [-0.05, 0) is 36.1 Å². The average molecular weight is 667 g/mol. The van der Waals surface area contributed by atoms with Crippen LogP contribution in [0.3, 0.4) is 0 Å². The highest BCUT2D eigenvalue weighted by atomic mass is 32.2. The van der Waals surface area contributed by atoms with E-state index in [1.54, 1.807) is 13.8 Å². The van der Waals surface area contributed by atoms with E-state index >= 15 is 0 Å². The fourth-order valence-electron chi connectivity index (χ4n) is 6.08. The molecule has 0 radical (unpaired) electrons. The van der Waals surface area contributed by atoms with Crippen LogP contribution in [0.2, 0.25) is 0 Å². The monoisotopic (exact) mass is 666 g/mol. The van der Waals surface area contributed by atoms with Gasteiger partial charge in [0.2, 0.25) is 5.79 Å². The number of rotatable bonds is 14. The van der Waals surface area contributed by atoms with E-state index in [-0.39, 0.29) is 12.4 Å². The molecule has 4 aromatic rings. The number of allylic oxidation sites excluding steroid dienone is 2. The highest BCUT2D eigenvalue weighted by molar-refractivity contribution is 8.04. The molecule has 4 aromatic carbocycles. The van der Waals surface area contributed by atoms with Gasteiger partial charge < -0.3 is 28.4 Å². The molecular weight excluding hydrogens is 625 g/mol. The summed E-state index contributed by atoms with van der Waals surface area (Å²) in [5, 5.41) is 0. The Labute approximate surface area is 287 Å². The van der Waals surface area contributed by atoms with Crippen molar-refractivity contribution in [3.05, 3.63) is 154 Å². The lowest BCUT2D eigenvalue weighted by atomic mass is 9.92. The second-order valence-corrected chi connectivity index (χ2v) is 13.0. The topological polar surface area (TPSA) is 72.5 Å². The van der Waals surface area contributed by atoms with Crippen LogP contribution in [-0.4, -0.2) is 48.3 Å². The average Bonchev–Trinajstić information content (AvgIpc) is 3.11. The highest BCUT2D eigenvalue weighted by Gasteiger charge is 2.60. The maximum atomic E-state index is 12.5. The second kappa shape index (κ2) is 16.6. The molecule has 2 heterocycles. The molecule has 0 aromatic heterocycles. The highest BCUT2D eigenvalue weighted by Crippen LogP contribution is 2.45. The molecule has 1 fully saturated rings. The van der Waals surface area contributed by atoms with Gasteiger partial charge in [0.25, 0.3) is 0 Å². The van der Waals surface area contributed by atoms with Crippen LogP contribution in [0, 0.1) is 0 Å². The Kier molecular flexibility index (Phi) is 11.8. The van der Waals surface area contributed by atoms with Gasteiger partial charge in [-0.3, -0.25) is 4.79 Å². The van der Waals surface area contributed by atoms with Gasteiger partial charge >= 0.3 is 0 Å². The van der Waals surface area contributed by atoms with Crippen molar-refractivity contribution in [1.29, 1.82) is 0 Å². The Balaban J connectivity index is 1.37. The van der Waals surface area contributed by atoms with Crippen molar-refractivity contribution in [2.45, 2.75) is 70.5 Å². The van der Waals surface area contributed by atoms with Crippen molar-refractivity contribution in [2.24, 2.45) is 0 Å². The molecule has 6 rings (SSSR count). The Morgan fingerprint density at radius 1 is 0.688 bits per heavy atom. The number of ketones is 1. The van der Waals surface area contributed by atoms with E-state index < -0.39 is 30.2 Å². The maximum Gasteiger partial charge on any atom is 0.249 e. The predicted octanol–water partition coefficient (Wildman–Crippen LogP) is 7.64. The first-order valence-corrected chi connectivity index (χ1v) is 17.3. The van der Waals surface area contributed by atoms with Crippen molar-refractivity contribution >= 4 is 17.5 Å². The lowest BCUT2D eigenvalue weighted by molar-refractivity contribution is -0.366. The Morgan fingerprint density at radius 2 is 1.15 bits per heavy atom. The molecule has 0 aliphatic carbocycles.